The summed E-state index contributed by atoms with van der Waals surface area (Å²) >= 11 is 0. The Hall–Kier alpha value is -0.690. The summed E-state index contributed by atoms with van der Waals surface area (Å²) < 4.78 is 11.3. The van der Waals surface area contributed by atoms with Gasteiger partial charge in [-0.05, 0) is 33.1 Å². The van der Waals surface area contributed by atoms with Gasteiger partial charge in [0.05, 0.1) is 18.8 Å². The fraction of sp³-hybridized carbons (Fsp3) is 0.938. The van der Waals surface area contributed by atoms with Crippen molar-refractivity contribution in [1.82, 2.24) is 9.80 Å². The standard InChI is InChI=1S/C16H30N2O4/c1-13(19)11-17-6-8-18(9-7-17)16(20)14(2)22-12-15-5-3-4-10-21-15/h13-15,19H,3-12H2,1-2H3/t13-,14-,15-/m0/s1. The Labute approximate surface area is 133 Å². The lowest BCUT2D eigenvalue weighted by Gasteiger charge is -2.36. The second kappa shape index (κ2) is 8.82. The van der Waals surface area contributed by atoms with Crippen molar-refractivity contribution in [3.05, 3.63) is 0 Å². The highest BCUT2D eigenvalue weighted by atomic mass is 16.5. The van der Waals surface area contributed by atoms with Crippen LogP contribution < -0.4 is 0 Å². The number of piperazine rings is 1. The minimum absolute atomic E-state index is 0.0625. The highest BCUT2D eigenvalue weighted by Crippen LogP contribution is 2.14. The fourth-order valence-corrected chi connectivity index (χ4v) is 3.04. The van der Waals surface area contributed by atoms with Gasteiger partial charge in [-0.25, -0.2) is 0 Å². The largest absolute Gasteiger partial charge is 0.392 e. The molecule has 0 aliphatic carbocycles. The first-order valence-corrected chi connectivity index (χ1v) is 8.48. The summed E-state index contributed by atoms with van der Waals surface area (Å²) in [4.78, 5) is 16.4. The zero-order chi connectivity index (χ0) is 15.9. The molecule has 0 unspecified atom stereocenters. The zero-order valence-corrected chi connectivity index (χ0v) is 13.9. The Kier molecular flexibility index (Phi) is 7.08. The molecule has 0 saturated carbocycles. The number of amides is 1. The average molecular weight is 314 g/mol. The molecule has 2 saturated heterocycles. The van der Waals surface area contributed by atoms with Crippen LogP contribution in [0.4, 0.5) is 0 Å². The SMILES string of the molecule is C[C@H](O)CN1CCN(C(=O)[C@H](C)OC[C@@H]2CCCCO2)CC1. The molecule has 0 aromatic carbocycles. The first-order chi connectivity index (χ1) is 10.6. The molecule has 6 nitrogen and oxygen atoms in total. The molecular weight excluding hydrogens is 284 g/mol. The number of carbonyl (C=O) groups is 1. The predicted octanol–water partition coefficient (Wildman–Crippen LogP) is 0.486. The fourth-order valence-electron chi connectivity index (χ4n) is 3.04. The molecule has 128 valence electrons. The van der Waals surface area contributed by atoms with E-state index < -0.39 is 6.10 Å². The van der Waals surface area contributed by atoms with Crippen molar-refractivity contribution in [3.63, 3.8) is 0 Å². The van der Waals surface area contributed by atoms with Crippen molar-refractivity contribution < 1.29 is 19.4 Å². The first-order valence-electron chi connectivity index (χ1n) is 8.48. The third-order valence-corrected chi connectivity index (χ3v) is 4.36. The average Bonchev–Trinajstić information content (AvgIpc) is 2.53. The lowest BCUT2D eigenvalue weighted by Crippen LogP contribution is -2.52. The van der Waals surface area contributed by atoms with Crippen LogP contribution in [0.1, 0.15) is 33.1 Å². The van der Waals surface area contributed by atoms with Crippen molar-refractivity contribution >= 4 is 5.91 Å². The molecule has 0 spiro atoms. The molecule has 0 radical (unpaired) electrons. The van der Waals surface area contributed by atoms with E-state index in [0.717, 1.165) is 32.5 Å². The maximum atomic E-state index is 12.4. The number of β-amino-alcohol motifs (C(OH)–C–C–N with tert-alkyl or cyclic N) is 1. The van der Waals surface area contributed by atoms with E-state index in [1.807, 2.05) is 11.8 Å². The van der Waals surface area contributed by atoms with Crippen LogP contribution in [-0.4, -0.2) is 85.1 Å². The Morgan fingerprint density at radius 1 is 1.27 bits per heavy atom. The number of carbonyl (C=O) groups excluding carboxylic acids is 1. The zero-order valence-electron chi connectivity index (χ0n) is 13.9. The maximum Gasteiger partial charge on any atom is 0.251 e. The molecule has 6 heteroatoms. The summed E-state index contributed by atoms with van der Waals surface area (Å²) in [5.74, 6) is 0.0625. The Balaban J connectivity index is 1.67. The molecule has 0 bridgehead atoms. The van der Waals surface area contributed by atoms with Gasteiger partial charge in [0.2, 0.25) is 0 Å². The Bertz CT molecular complexity index is 337. The summed E-state index contributed by atoms with van der Waals surface area (Å²) in [6, 6.07) is 0. The monoisotopic (exact) mass is 314 g/mol. The van der Waals surface area contributed by atoms with Crippen LogP contribution in [0.5, 0.6) is 0 Å². The van der Waals surface area contributed by atoms with Crippen LogP contribution in [0.3, 0.4) is 0 Å². The summed E-state index contributed by atoms with van der Waals surface area (Å²) in [6.07, 6.45) is 2.75. The number of hydrogen-bond acceptors (Lipinski definition) is 5. The molecule has 2 rings (SSSR count). The quantitative estimate of drug-likeness (QED) is 0.773. The third kappa shape index (κ3) is 5.50. The van der Waals surface area contributed by atoms with Gasteiger partial charge in [-0.15, -0.1) is 0 Å². The van der Waals surface area contributed by atoms with Crippen LogP contribution in [0.15, 0.2) is 0 Å². The van der Waals surface area contributed by atoms with Crippen LogP contribution in [0.2, 0.25) is 0 Å². The lowest BCUT2D eigenvalue weighted by atomic mass is 10.1. The van der Waals surface area contributed by atoms with Gasteiger partial charge in [-0.3, -0.25) is 9.69 Å². The van der Waals surface area contributed by atoms with Gasteiger partial charge < -0.3 is 19.5 Å². The van der Waals surface area contributed by atoms with E-state index in [4.69, 9.17) is 9.47 Å². The molecule has 2 aliphatic rings. The van der Waals surface area contributed by atoms with E-state index in [9.17, 15) is 9.90 Å². The molecule has 0 aromatic heterocycles. The molecule has 22 heavy (non-hydrogen) atoms. The van der Waals surface area contributed by atoms with Crippen molar-refractivity contribution in [2.24, 2.45) is 0 Å². The van der Waals surface area contributed by atoms with Crippen molar-refractivity contribution in [2.45, 2.75) is 51.4 Å². The highest BCUT2D eigenvalue weighted by molar-refractivity contribution is 5.80. The van der Waals surface area contributed by atoms with E-state index >= 15 is 0 Å². The molecule has 0 aromatic rings. The molecule has 2 heterocycles. The molecule has 2 fully saturated rings. The van der Waals surface area contributed by atoms with Gasteiger partial charge in [0, 0.05) is 39.3 Å². The third-order valence-electron chi connectivity index (χ3n) is 4.36. The van der Waals surface area contributed by atoms with Crippen LogP contribution in [0, 0.1) is 0 Å². The van der Waals surface area contributed by atoms with Gasteiger partial charge >= 0.3 is 0 Å². The molecule has 1 N–H and O–H groups in total. The van der Waals surface area contributed by atoms with Crippen molar-refractivity contribution in [2.75, 3.05) is 45.9 Å². The Morgan fingerprint density at radius 2 is 2.00 bits per heavy atom. The number of rotatable bonds is 6. The number of nitrogens with zero attached hydrogens (tertiary/aromatic N) is 2. The van der Waals surface area contributed by atoms with E-state index in [1.165, 1.54) is 6.42 Å². The van der Waals surface area contributed by atoms with Crippen LogP contribution in [-0.2, 0) is 14.3 Å². The smallest absolute Gasteiger partial charge is 0.251 e. The van der Waals surface area contributed by atoms with Gasteiger partial charge in [-0.2, -0.15) is 0 Å². The summed E-state index contributed by atoms with van der Waals surface area (Å²) in [5, 5.41) is 9.41. The van der Waals surface area contributed by atoms with E-state index in [2.05, 4.69) is 4.90 Å². The number of aliphatic hydroxyl groups excluding tert-OH is 1. The molecule has 2 aliphatic heterocycles. The van der Waals surface area contributed by atoms with E-state index in [1.54, 1.807) is 6.92 Å². The van der Waals surface area contributed by atoms with Gasteiger partial charge in [0.25, 0.3) is 5.91 Å². The first kappa shape index (κ1) is 17.7. The molecule has 1 amide bonds. The van der Waals surface area contributed by atoms with Crippen LogP contribution >= 0.6 is 0 Å². The topological polar surface area (TPSA) is 62.2 Å². The second-order valence-corrected chi connectivity index (χ2v) is 6.44. The van der Waals surface area contributed by atoms with E-state index in [0.29, 0.717) is 26.2 Å². The van der Waals surface area contributed by atoms with Crippen LogP contribution in [0.25, 0.3) is 0 Å². The number of ether oxygens (including phenoxy) is 2. The Morgan fingerprint density at radius 3 is 2.59 bits per heavy atom. The summed E-state index contributed by atoms with van der Waals surface area (Å²) in [7, 11) is 0. The van der Waals surface area contributed by atoms with E-state index in [-0.39, 0.29) is 18.1 Å². The number of hydrogen-bond donors (Lipinski definition) is 1. The van der Waals surface area contributed by atoms with Gasteiger partial charge in [0.15, 0.2) is 0 Å². The highest BCUT2D eigenvalue weighted by Gasteiger charge is 2.26. The van der Waals surface area contributed by atoms with Gasteiger partial charge in [0.1, 0.15) is 6.10 Å². The predicted molar refractivity (Wildman–Crippen MR) is 83.7 cm³/mol. The lowest BCUT2D eigenvalue weighted by molar-refractivity contribution is -0.148. The molecule has 3 atom stereocenters. The van der Waals surface area contributed by atoms with Crippen molar-refractivity contribution in [1.29, 1.82) is 0 Å². The normalized spacial score (nSPS) is 26.7. The number of aliphatic hydroxyl groups is 1. The van der Waals surface area contributed by atoms with Crippen molar-refractivity contribution in [3.8, 4) is 0 Å². The molecular formula is C16H30N2O4. The summed E-state index contributed by atoms with van der Waals surface area (Å²) in [5.41, 5.74) is 0. The summed E-state index contributed by atoms with van der Waals surface area (Å²) in [6.45, 7) is 8.65. The minimum atomic E-state index is -0.408. The second-order valence-electron chi connectivity index (χ2n) is 6.44. The van der Waals surface area contributed by atoms with Gasteiger partial charge in [-0.1, -0.05) is 0 Å². The maximum absolute atomic E-state index is 12.4. The minimum Gasteiger partial charge on any atom is -0.392 e.